The molecule has 2 aliphatic heterocycles. The van der Waals surface area contributed by atoms with E-state index in [2.05, 4.69) is 34.1 Å². The Labute approximate surface area is 139 Å². The molecular formula is C20H28N2O. The average Bonchev–Trinajstić information content (AvgIpc) is 2.63. The van der Waals surface area contributed by atoms with Gasteiger partial charge in [0, 0.05) is 25.3 Å². The second kappa shape index (κ2) is 7.06. The number of anilines is 1. The number of likely N-dealkylation sites (tertiary alicyclic amines) is 1. The smallest absolute Gasteiger partial charge is 0.0642 e. The van der Waals surface area contributed by atoms with Crippen molar-refractivity contribution in [2.24, 2.45) is 0 Å². The highest BCUT2D eigenvalue weighted by molar-refractivity contribution is 5.64. The van der Waals surface area contributed by atoms with Gasteiger partial charge in [0.15, 0.2) is 0 Å². The Morgan fingerprint density at radius 3 is 2.57 bits per heavy atom. The third kappa shape index (κ3) is 3.61. The molecule has 0 radical (unpaired) electrons. The predicted molar refractivity (Wildman–Crippen MR) is 96.1 cm³/mol. The molecular weight excluding hydrogens is 284 g/mol. The molecule has 1 aromatic carbocycles. The van der Waals surface area contributed by atoms with E-state index >= 15 is 0 Å². The Hall–Kier alpha value is -1.32. The zero-order chi connectivity index (χ0) is 15.5. The van der Waals surface area contributed by atoms with E-state index in [4.69, 9.17) is 4.74 Å². The summed E-state index contributed by atoms with van der Waals surface area (Å²) in [5.41, 5.74) is 5.97. The molecule has 0 amide bonds. The Kier molecular flexibility index (Phi) is 4.67. The number of benzene rings is 1. The van der Waals surface area contributed by atoms with Crippen LogP contribution in [0.1, 0.15) is 36.8 Å². The van der Waals surface area contributed by atoms with Crippen LogP contribution in [0.2, 0.25) is 0 Å². The first-order valence-corrected chi connectivity index (χ1v) is 9.26. The molecule has 23 heavy (non-hydrogen) atoms. The molecule has 1 aromatic rings. The van der Waals surface area contributed by atoms with Gasteiger partial charge in [0.1, 0.15) is 0 Å². The van der Waals surface area contributed by atoms with Gasteiger partial charge in [0.25, 0.3) is 0 Å². The minimum absolute atomic E-state index is 0.858. The normalized spacial score (nSPS) is 22.6. The van der Waals surface area contributed by atoms with Crippen molar-refractivity contribution in [3.63, 3.8) is 0 Å². The van der Waals surface area contributed by atoms with Crippen molar-refractivity contribution in [1.29, 1.82) is 0 Å². The molecule has 2 saturated heterocycles. The summed E-state index contributed by atoms with van der Waals surface area (Å²) in [4.78, 5) is 5.10. The third-order valence-electron chi connectivity index (χ3n) is 5.45. The summed E-state index contributed by atoms with van der Waals surface area (Å²) in [6.45, 7) is 7.53. The third-order valence-corrected chi connectivity index (χ3v) is 5.45. The first-order valence-electron chi connectivity index (χ1n) is 9.26. The summed E-state index contributed by atoms with van der Waals surface area (Å²) in [7, 11) is 0. The number of hydrogen-bond acceptors (Lipinski definition) is 3. The van der Waals surface area contributed by atoms with Crippen LogP contribution in [0.25, 0.3) is 6.08 Å². The van der Waals surface area contributed by atoms with Gasteiger partial charge in [-0.2, -0.15) is 0 Å². The summed E-state index contributed by atoms with van der Waals surface area (Å²) in [6.07, 6.45) is 9.07. The summed E-state index contributed by atoms with van der Waals surface area (Å²) in [6, 6.07) is 7.04. The molecule has 2 fully saturated rings. The minimum atomic E-state index is 0.858. The second-order valence-corrected chi connectivity index (χ2v) is 7.12. The van der Waals surface area contributed by atoms with Gasteiger partial charge in [-0.1, -0.05) is 24.1 Å². The molecule has 2 heterocycles. The highest BCUT2D eigenvalue weighted by Gasteiger charge is 2.17. The zero-order valence-electron chi connectivity index (χ0n) is 14.1. The highest BCUT2D eigenvalue weighted by Crippen LogP contribution is 2.29. The molecule has 0 saturated carbocycles. The van der Waals surface area contributed by atoms with Crippen LogP contribution < -0.4 is 4.90 Å². The van der Waals surface area contributed by atoms with E-state index in [1.807, 2.05) is 0 Å². The molecule has 4 rings (SSSR count). The van der Waals surface area contributed by atoms with Crippen LogP contribution >= 0.6 is 0 Å². The van der Waals surface area contributed by atoms with Gasteiger partial charge in [0.2, 0.25) is 0 Å². The Morgan fingerprint density at radius 1 is 0.913 bits per heavy atom. The maximum atomic E-state index is 5.46. The molecule has 0 bridgehead atoms. The van der Waals surface area contributed by atoms with E-state index in [1.165, 1.54) is 68.6 Å². The van der Waals surface area contributed by atoms with E-state index in [0.717, 1.165) is 26.3 Å². The summed E-state index contributed by atoms with van der Waals surface area (Å²) in [5.74, 6) is 0. The summed E-state index contributed by atoms with van der Waals surface area (Å²) in [5, 5.41) is 0. The number of fused-ring (bicyclic) bond motifs is 1. The van der Waals surface area contributed by atoms with Crippen molar-refractivity contribution in [3.05, 3.63) is 34.9 Å². The number of morpholine rings is 1. The number of aryl methyl sites for hydroxylation is 1. The van der Waals surface area contributed by atoms with Crippen molar-refractivity contribution >= 4 is 11.8 Å². The van der Waals surface area contributed by atoms with Crippen molar-refractivity contribution in [2.45, 2.75) is 32.1 Å². The number of rotatable bonds is 3. The number of nitrogens with zero attached hydrogens (tertiary/aromatic N) is 2. The van der Waals surface area contributed by atoms with Gasteiger partial charge < -0.3 is 9.64 Å². The fourth-order valence-corrected chi connectivity index (χ4v) is 4.08. The van der Waals surface area contributed by atoms with Gasteiger partial charge in [-0.3, -0.25) is 4.90 Å². The fraction of sp³-hybridized carbons (Fsp3) is 0.600. The first kappa shape index (κ1) is 15.2. The Bertz CT molecular complexity index is 569. The van der Waals surface area contributed by atoms with E-state index in [9.17, 15) is 0 Å². The van der Waals surface area contributed by atoms with Crippen LogP contribution in [0.3, 0.4) is 0 Å². The lowest BCUT2D eigenvalue weighted by Gasteiger charge is -2.31. The van der Waals surface area contributed by atoms with E-state index < -0.39 is 0 Å². The topological polar surface area (TPSA) is 15.7 Å². The molecule has 0 spiro atoms. The monoisotopic (exact) mass is 312 g/mol. The van der Waals surface area contributed by atoms with Gasteiger partial charge in [-0.05, 0) is 62.0 Å². The van der Waals surface area contributed by atoms with Crippen LogP contribution in [0.15, 0.2) is 23.8 Å². The second-order valence-electron chi connectivity index (χ2n) is 7.12. The van der Waals surface area contributed by atoms with Crippen molar-refractivity contribution in [1.82, 2.24) is 4.90 Å². The molecule has 1 aliphatic carbocycles. The number of ether oxygens (including phenoxy) is 1. The zero-order valence-corrected chi connectivity index (χ0v) is 14.1. The molecule has 0 N–H and O–H groups in total. The lowest BCUT2D eigenvalue weighted by atomic mass is 9.91. The maximum absolute atomic E-state index is 5.46. The van der Waals surface area contributed by atoms with E-state index in [-0.39, 0.29) is 0 Å². The predicted octanol–water partition coefficient (Wildman–Crippen LogP) is 3.34. The molecule has 3 heteroatoms. The highest BCUT2D eigenvalue weighted by atomic mass is 16.5. The lowest BCUT2D eigenvalue weighted by Crippen LogP contribution is -2.36. The van der Waals surface area contributed by atoms with Crippen LogP contribution in [0.5, 0.6) is 0 Å². The van der Waals surface area contributed by atoms with Gasteiger partial charge >= 0.3 is 0 Å². The lowest BCUT2D eigenvalue weighted by molar-refractivity contribution is 0.122. The molecule has 0 unspecified atom stereocenters. The van der Waals surface area contributed by atoms with Crippen LogP contribution in [0, 0.1) is 0 Å². The largest absolute Gasteiger partial charge is 0.378 e. The Balaban J connectivity index is 1.46. The SMILES string of the molecule is C1=C(CN2CCCCC2)CCc2cc(N3CCOCC3)ccc21. The molecule has 3 nitrogen and oxygen atoms in total. The van der Waals surface area contributed by atoms with Crippen molar-refractivity contribution in [2.75, 3.05) is 50.8 Å². The molecule has 0 aromatic heterocycles. The first-order chi connectivity index (χ1) is 11.4. The minimum Gasteiger partial charge on any atom is -0.378 e. The van der Waals surface area contributed by atoms with Crippen molar-refractivity contribution < 1.29 is 4.74 Å². The van der Waals surface area contributed by atoms with Crippen LogP contribution in [-0.4, -0.2) is 50.8 Å². The maximum Gasteiger partial charge on any atom is 0.0642 e. The van der Waals surface area contributed by atoms with Gasteiger partial charge in [-0.15, -0.1) is 0 Å². The van der Waals surface area contributed by atoms with Gasteiger partial charge in [-0.25, -0.2) is 0 Å². The molecule has 0 atom stereocenters. The average molecular weight is 312 g/mol. The number of piperidine rings is 1. The quantitative estimate of drug-likeness (QED) is 0.851. The van der Waals surface area contributed by atoms with Crippen LogP contribution in [-0.2, 0) is 11.2 Å². The standard InChI is InChI=1S/C20H28N2O/c1-2-8-21(9-3-1)16-17-4-5-19-15-20(7-6-18(19)14-17)22-10-12-23-13-11-22/h6-7,14-15H,1-5,8-13,16H2. The molecule has 124 valence electrons. The number of hydrogen-bond donors (Lipinski definition) is 0. The summed E-state index contributed by atoms with van der Waals surface area (Å²) >= 11 is 0. The Morgan fingerprint density at radius 2 is 1.74 bits per heavy atom. The van der Waals surface area contributed by atoms with Crippen molar-refractivity contribution in [3.8, 4) is 0 Å². The molecule has 3 aliphatic rings. The van der Waals surface area contributed by atoms with E-state index in [1.54, 1.807) is 5.57 Å². The summed E-state index contributed by atoms with van der Waals surface area (Å²) < 4.78 is 5.46. The van der Waals surface area contributed by atoms with Crippen LogP contribution in [0.4, 0.5) is 5.69 Å². The van der Waals surface area contributed by atoms with E-state index in [0.29, 0.717) is 0 Å². The van der Waals surface area contributed by atoms with Gasteiger partial charge in [0.05, 0.1) is 13.2 Å². The fourth-order valence-electron chi connectivity index (χ4n) is 4.08.